The van der Waals surface area contributed by atoms with Gasteiger partial charge in [-0.25, -0.2) is 20.2 Å². The molecule has 0 unspecified atom stereocenters. The number of hydrogen-bond donors (Lipinski definition) is 3. The van der Waals surface area contributed by atoms with E-state index in [4.69, 9.17) is 5.84 Å². The van der Waals surface area contributed by atoms with Crippen molar-refractivity contribution in [3.05, 3.63) is 11.9 Å². The molecule has 1 aromatic heterocycles. The summed E-state index contributed by atoms with van der Waals surface area (Å²) in [6.07, 6.45) is 2.11. The Kier molecular flexibility index (Phi) is 4.06. The number of alkyl halides is 1. The van der Waals surface area contributed by atoms with Gasteiger partial charge in [0.05, 0.1) is 0 Å². The lowest BCUT2D eigenvalue weighted by atomic mass is 10.2. The molecule has 78 valence electrons. The summed E-state index contributed by atoms with van der Waals surface area (Å²) in [5, 5.41) is 2.87. The average molecular weight is 199 g/mol. The van der Waals surface area contributed by atoms with Crippen molar-refractivity contribution in [1.82, 2.24) is 9.97 Å². The topological polar surface area (TPSA) is 75.9 Å². The second-order valence-corrected chi connectivity index (χ2v) is 2.66. The Balaban J connectivity index is 2.90. The minimum Gasteiger partial charge on any atom is -0.367 e. The number of anilines is 2. The number of nitrogens with one attached hydrogen (secondary N) is 2. The molecule has 4 N–H and O–H groups in total. The van der Waals surface area contributed by atoms with Gasteiger partial charge in [-0.05, 0) is 6.42 Å². The highest BCUT2D eigenvalue weighted by Crippen LogP contribution is 2.18. The van der Waals surface area contributed by atoms with Crippen LogP contribution in [0.5, 0.6) is 0 Å². The number of halogens is 1. The van der Waals surface area contributed by atoms with E-state index in [2.05, 4.69) is 20.7 Å². The zero-order valence-corrected chi connectivity index (χ0v) is 8.05. The summed E-state index contributed by atoms with van der Waals surface area (Å²) >= 11 is 0. The molecule has 0 radical (unpaired) electrons. The molecule has 14 heavy (non-hydrogen) atoms. The van der Waals surface area contributed by atoms with Gasteiger partial charge in [0.25, 0.3) is 0 Å². The second-order valence-electron chi connectivity index (χ2n) is 2.66. The van der Waals surface area contributed by atoms with Crippen LogP contribution >= 0.6 is 0 Å². The standard InChI is InChI=1S/C8H14FN5/c1-2-6-7(11-4-3-9)12-5-13-8(6)14-10/h5H,2-4,10H2,1H3,(H2,11,12,13,14). The number of nitrogen functional groups attached to an aromatic ring is 1. The number of aromatic nitrogens is 2. The third-order valence-electron chi connectivity index (χ3n) is 1.82. The number of nitrogens with two attached hydrogens (primary N) is 1. The number of hydrazine groups is 1. The van der Waals surface area contributed by atoms with Crippen molar-refractivity contribution in [2.24, 2.45) is 5.84 Å². The first-order chi connectivity index (χ1) is 6.83. The molecule has 0 aliphatic heterocycles. The molecule has 0 aliphatic carbocycles. The maximum absolute atomic E-state index is 12.0. The first-order valence-electron chi connectivity index (χ1n) is 4.43. The summed E-state index contributed by atoms with van der Waals surface area (Å²) in [6.45, 7) is 1.77. The predicted octanol–water partition coefficient (Wildman–Crippen LogP) is 0.706. The molecule has 0 bridgehead atoms. The van der Waals surface area contributed by atoms with Crippen LogP contribution in [0.4, 0.5) is 16.0 Å². The first kappa shape index (κ1) is 10.6. The SMILES string of the molecule is CCc1c(NN)ncnc1NCCF. The lowest BCUT2D eigenvalue weighted by Crippen LogP contribution is -2.14. The molecule has 0 fully saturated rings. The Morgan fingerprint density at radius 2 is 2.14 bits per heavy atom. The van der Waals surface area contributed by atoms with Gasteiger partial charge in [-0.1, -0.05) is 6.92 Å². The molecule has 0 spiro atoms. The fraction of sp³-hybridized carbons (Fsp3) is 0.500. The number of hydrogen-bond acceptors (Lipinski definition) is 5. The normalized spacial score (nSPS) is 9.93. The highest BCUT2D eigenvalue weighted by molar-refractivity contribution is 5.56. The summed E-state index contributed by atoms with van der Waals surface area (Å²) < 4.78 is 12.0. The zero-order valence-electron chi connectivity index (χ0n) is 8.05. The first-order valence-corrected chi connectivity index (χ1v) is 4.43. The van der Waals surface area contributed by atoms with Crippen LogP contribution in [0.1, 0.15) is 12.5 Å². The van der Waals surface area contributed by atoms with Gasteiger partial charge in [-0.15, -0.1) is 0 Å². The van der Waals surface area contributed by atoms with Crippen molar-refractivity contribution in [2.75, 3.05) is 24.0 Å². The van der Waals surface area contributed by atoms with E-state index >= 15 is 0 Å². The highest BCUT2D eigenvalue weighted by Gasteiger charge is 2.07. The van der Waals surface area contributed by atoms with E-state index in [1.807, 2.05) is 6.92 Å². The minimum atomic E-state index is -0.432. The van der Waals surface area contributed by atoms with Gasteiger partial charge in [0, 0.05) is 12.1 Å². The van der Waals surface area contributed by atoms with E-state index in [0.717, 1.165) is 12.0 Å². The Bertz CT molecular complexity index is 291. The summed E-state index contributed by atoms with van der Waals surface area (Å²) in [4.78, 5) is 7.97. The van der Waals surface area contributed by atoms with Gasteiger partial charge in [0.1, 0.15) is 24.6 Å². The molecular formula is C8H14FN5. The molecule has 0 aromatic carbocycles. The molecule has 5 nitrogen and oxygen atoms in total. The summed E-state index contributed by atoms with van der Waals surface area (Å²) in [7, 11) is 0. The number of rotatable bonds is 5. The van der Waals surface area contributed by atoms with Crippen LogP contribution < -0.4 is 16.6 Å². The van der Waals surface area contributed by atoms with Gasteiger partial charge < -0.3 is 10.7 Å². The second kappa shape index (κ2) is 5.33. The maximum atomic E-state index is 12.0. The van der Waals surface area contributed by atoms with E-state index in [9.17, 15) is 4.39 Å². The van der Waals surface area contributed by atoms with E-state index in [0.29, 0.717) is 11.6 Å². The fourth-order valence-corrected chi connectivity index (χ4v) is 1.19. The molecular weight excluding hydrogens is 185 g/mol. The molecule has 0 saturated carbocycles. The molecule has 0 atom stereocenters. The van der Waals surface area contributed by atoms with Crippen LogP contribution in [0, 0.1) is 0 Å². The third-order valence-corrected chi connectivity index (χ3v) is 1.82. The minimum absolute atomic E-state index is 0.244. The van der Waals surface area contributed by atoms with Crippen LogP contribution in [0.15, 0.2) is 6.33 Å². The average Bonchev–Trinajstić information content (AvgIpc) is 2.25. The molecule has 1 heterocycles. The summed E-state index contributed by atoms with van der Waals surface area (Å²) in [5.41, 5.74) is 3.34. The predicted molar refractivity (Wildman–Crippen MR) is 53.7 cm³/mol. The lowest BCUT2D eigenvalue weighted by Gasteiger charge is -2.11. The Morgan fingerprint density at radius 1 is 1.43 bits per heavy atom. The van der Waals surface area contributed by atoms with Crippen molar-refractivity contribution >= 4 is 11.6 Å². The molecule has 0 aliphatic rings. The van der Waals surface area contributed by atoms with Crippen molar-refractivity contribution in [3.8, 4) is 0 Å². The van der Waals surface area contributed by atoms with Gasteiger partial charge >= 0.3 is 0 Å². The monoisotopic (exact) mass is 199 g/mol. The van der Waals surface area contributed by atoms with Crippen LogP contribution in [-0.4, -0.2) is 23.2 Å². The van der Waals surface area contributed by atoms with Crippen LogP contribution in [0.25, 0.3) is 0 Å². The highest BCUT2D eigenvalue weighted by atomic mass is 19.1. The van der Waals surface area contributed by atoms with Crippen molar-refractivity contribution in [2.45, 2.75) is 13.3 Å². The molecule has 0 amide bonds. The van der Waals surface area contributed by atoms with Gasteiger partial charge in [0.2, 0.25) is 0 Å². The van der Waals surface area contributed by atoms with Crippen LogP contribution in [0.2, 0.25) is 0 Å². The smallest absolute Gasteiger partial charge is 0.148 e. The Hall–Kier alpha value is -1.43. The maximum Gasteiger partial charge on any atom is 0.148 e. The lowest BCUT2D eigenvalue weighted by molar-refractivity contribution is 0.512. The molecule has 6 heteroatoms. The van der Waals surface area contributed by atoms with E-state index in [1.165, 1.54) is 6.33 Å². The van der Waals surface area contributed by atoms with Crippen molar-refractivity contribution in [1.29, 1.82) is 0 Å². The van der Waals surface area contributed by atoms with Gasteiger partial charge in [0.15, 0.2) is 0 Å². The fourth-order valence-electron chi connectivity index (χ4n) is 1.19. The van der Waals surface area contributed by atoms with Crippen molar-refractivity contribution < 1.29 is 4.39 Å². The van der Waals surface area contributed by atoms with Crippen LogP contribution in [-0.2, 0) is 6.42 Å². The van der Waals surface area contributed by atoms with Crippen molar-refractivity contribution in [3.63, 3.8) is 0 Å². The van der Waals surface area contributed by atoms with Gasteiger partial charge in [-0.3, -0.25) is 0 Å². The van der Waals surface area contributed by atoms with E-state index in [1.54, 1.807) is 0 Å². The molecule has 0 saturated heterocycles. The third kappa shape index (κ3) is 2.29. The Labute approximate surface area is 81.9 Å². The molecule has 1 aromatic rings. The summed E-state index contributed by atoms with van der Waals surface area (Å²) in [5.74, 6) is 6.49. The van der Waals surface area contributed by atoms with Gasteiger partial charge in [-0.2, -0.15) is 0 Å². The Morgan fingerprint density at radius 3 is 2.71 bits per heavy atom. The quantitative estimate of drug-likeness (QED) is 0.481. The number of nitrogens with zero attached hydrogens (tertiary/aromatic N) is 2. The van der Waals surface area contributed by atoms with Crippen LogP contribution in [0.3, 0.4) is 0 Å². The van der Waals surface area contributed by atoms with E-state index in [-0.39, 0.29) is 6.54 Å². The largest absolute Gasteiger partial charge is 0.367 e. The van der Waals surface area contributed by atoms with E-state index < -0.39 is 6.67 Å². The molecule has 1 rings (SSSR count). The summed E-state index contributed by atoms with van der Waals surface area (Å²) in [6, 6.07) is 0. The zero-order chi connectivity index (χ0) is 10.4.